The third kappa shape index (κ3) is 3.44. The first-order chi connectivity index (χ1) is 9.24. The number of esters is 1. The maximum Gasteiger partial charge on any atom is 0.341 e. The van der Waals surface area contributed by atoms with Crippen LogP contribution in [-0.2, 0) is 4.74 Å². The number of hydrogen-bond donors (Lipinski definition) is 1. The number of anilines is 1. The molecule has 0 aliphatic carbocycles. The van der Waals surface area contributed by atoms with Crippen LogP contribution in [0.25, 0.3) is 0 Å². The number of aromatic nitrogens is 1. The van der Waals surface area contributed by atoms with Crippen molar-refractivity contribution in [3.05, 3.63) is 23.9 Å². The second-order valence-electron chi connectivity index (χ2n) is 4.77. The van der Waals surface area contributed by atoms with Crippen molar-refractivity contribution in [1.29, 1.82) is 0 Å². The van der Waals surface area contributed by atoms with Crippen LogP contribution in [0.5, 0.6) is 0 Å². The molecule has 0 spiro atoms. The molecule has 0 aromatic carbocycles. The van der Waals surface area contributed by atoms with E-state index in [1.807, 2.05) is 0 Å². The van der Waals surface area contributed by atoms with Gasteiger partial charge in [-0.3, -0.25) is 0 Å². The van der Waals surface area contributed by atoms with Crippen molar-refractivity contribution in [1.82, 2.24) is 9.88 Å². The molecule has 1 atom stereocenters. The third-order valence-corrected chi connectivity index (χ3v) is 3.51. The van der Waals surface area contributed by atoms with Gasteiger partial charge in [0.05, 0.1) is 7.11 Å². The van der Waals surface area contributed by atoms with E-state index in [4.69, 9.17) is 4.74 Å². The van der Waals surface area contributed by atoms with Crippen molar-refractivity contribution in [3.63, 3.8) is 0 Å². The predicted molar refractivity (Wildman–Crippen MR) is 74.3 cm³/mol. The van der Waals surface area contributed by atoms with E-state index in [-0.39, 0.29) is 5.97 Å². The van der Waals surface area contributed by atoms with Gasteiger partial charge in [0.2, 0.25) is 0 Å². The van der Waals surface area contributed by atoms with Gasteiger partial charge in [-0.15, -0.1) is 0 Å². The van der Waals surface area contributed by atoms with Gasteiger partial charge in [0, 0.05) is 18.8 Å². The Bertz CT molecular complexity index is 436. The fourth-order valence-electron chi connectivity index (χ4n) is 2.45. The molecule has 5 nitrogen and oxygen atoms in total. The van der Waals surface area contributed by atoms with Gasteiger partial charge in [0.25, 0.3) is 0 Å². The molecular formula is C14H21N3O2. The van der Waals surface area contributed by atoms with E-state index in [0.717, 1.165) is 26.1 Å². The Kier molecular flexibility index (Phi) is 4.74. The lowest BCUT2D eigenvalue weighted by Crippen LogP contribution is -2.42. The zero-order chi connectivity index (χ0) is 13.7. The summed E-state index contributed by atoms with van der Waals surface area (Å²) >= 11 is 0. The lowest BCUT2D eigenvalue weighted by atomic mass is 10.1. The van der Waals surface area contributed by atoms with E-state index in [1.54, 1.807) is 18.3 Å². The average Bonchev–Trinajstić information content (AvgIpc) is 2.47. The number of rotatable bonds is 4. The number of likely N-dealkylation sites (tertiary alicyclic amines) is 1. The molecule has 2 heterocycles. The van der Waals surface area contributed by atoms with Gasteiger partial charge in [-0.1, -0.05) is 6.92 Å². The number of piperidine rings is 1. The van der Waals surface area contributed by atoms with Crippen molar-refractivity contribution in [3.8, 4) is 0 Å². The van der Waals surface area contributed by atoms with Crippen LogP contribution in [0.1, 0.15) is 30.1 Å². The highest BCUT2D eigenvalue weighted by Gasteiger charge is 2.21. The molecule has 0 bridgehead atoms. The molecule has 0 amide bonds. The van der Waals surface area contributed by atoms with E-state index in [0.29, 0.717) is 17.4 Å². The minimum Gasteiger partial charge on any atom is -0.465 e. The smallest absolute Gasteiger partial charge is 0.341 e. The summed E-state index contributed by atoms with van der Waals surface area (Å²) in [5, 5.41) is 3.38. The van der Waals surface area contributed by atoms with Gasteiger partial charge in [-0.25, -0.2) is 9.78 Å². The number of methoxy groups -OCH3 is 1. The zero-order valence-electron chi connectivity index (χ0n) is 11.6. The van der Waals surface area contributed by atoms with Crippen LogP contribution >= 0.6 is 0 Å². The molecule has 19 heavy (non-hydrogen) atoms. The largest absolute Gasteiger partial charge is 0.465 e. The van der Waals surface area contributed by atoms with E-state index in [9.17, 15) is 4.79 Å². The monoisotopic (exact) mass is 263 g/mol. The molecule has 0 radical (unpaired) electrons. The molecule has 1 N–H and O–H groups in total. The number of carbonyl (C=O) groups excluding carboxylic acids is 1. The van der Waals surface area contributed by atoms with Gasteiger partial charge in [-0.2, -0.15) is 0 Å². The van der Waals surface area contributed by atoms with Gasteiger partial charge in [0.15, 0.2) is 0 Å². The second kappa shape index (κ2) is 6.52. The number of nitrogens with one attached hydrogen (secondary N) is 1. The van der Waals surface area contributed by atoms with E-state index in [1.165, 1.54) is 13.5 Å². The Morgan fingerprint density at radius 2 is 2.47 bits per heavy atom. The quantitative estimate of drug-likeness (QED) is 0.839. The number of nitrogens with zero attached hydrogens (tertiary/aromatic N) is 2. The molecule has 1 aliphatic heterocycles. The van der Waals surface area contributed by atoms with Gasteiger partial charge >= 0.3 is 5.97 Å². The van der Waals surface area contributed by atoms with Gasteiger partial charge in [0.1, 0.15) is 11.4 Å². The molecule has 1 unspecified atom stereocenters. The van der Waals surface area contributed by atoms with Crippen molar-refractivity contribution in [2.24, 2.45) is 0 Å². The molecule has 1 fully saturated rings. The van der Waals surface area contributed by atoms with Crippen LogP contribution in [0.15, 0.2) is 18.3 Å². The summed E-state index contributed by atoms with van der Waals surface area (Å²) in [6.45, 7) is 5.38. The maximum atomic E-state index is 11.7. The van der Waals surface area contributed by atoms with Gasteiger partial charge < -0.3 is 15.0 Å². The SMILES string of the molecule is CCN1CCCC(Nc2ncccc2C(=O)OC)C1. The summed E-state index contributed by atoms with van der Waals surface area (Å²) in [5.74, 6) is 0.274. The molecule has 1 aromatic heterocycles. The van der Waals surface area contributed by atoms with Crippen LogP contribution < -0.4 is 5.32 Å². The number of hydrogen-bond acceptors (Lipinski definition) is 5. The number of likely N-dealkylation sites (N-methyl/N-ethyl adjacent to an activating group) is 1. The van der Waals surface area contributed by atoms with Crippen LogP contribution in [0.4, 0.5) is 5.82 Å². The summed E-state index contributed by atoms with van der Waals surface area (Å²) < 4.78 is 4.78. The summed E-state index contributed by atoms with van der Waals surface area (Å²) in [6, 6.07) is 3.82. The van der Waals surface area contributed by atoms with Crippen LogP contribution in [-0.4, -0.2) is 48.6 Å². The Morgan fingerprint density at radius 3 is 3.21 bits per heavy atom. The molecule has 1 aromatic rings. The van der Waals surface area contributed by atoms with E-state index >= 15 is 0 Å². The minimum absolute atomic E-state index is 0.340. The first-order valence-electron chi connectivity index (χ1n) is 6.76. The summed E-state index contributed by atoms with van der Waals surface area (Å²) in [4.78, 5) is 18.4. The van der Waals surface area contributed by atoms with Crippen LogP contribution in [0.2, 0.25) is 0 Å². The predicted octanol–water partition coefficient (Wildman–Crippen LogP) is 1.76. The topological polar surface area (TPSA) is 54.5 Å². The van der Waals surface area contributed by atoms with Crippen LogP contribution in [0, 0.1) is 0 Å². The maximum absolute atomic E-state index is 11.7. The number of pyridine rings is 1. The van der Waals surface area contributed by atoms with Gasteiger partial charge in [-0.05, 0) is 38.1 Å². The Hall–Kier alpha value is -1.62. The van der Waals surface area contributed by atoms with Crippen molar-refractivity contribution >= 4 is 11.8 Å². The minimum atomic E-state index is -0.348. The summed E-state index contributed by atoms with van der Waals surface area (Å²) in [5.41, 5.74) is 0.499. The summed E-state index contributed by atoms with van der Waals surface area (Å²) in [7, 11) is 1.39. The first-order valence-corrected chi connectivity index (χ1v) is 6.76. The molecular weight excluding hydrogens is 242 g/mol. The molecule has 104 valence electrons. The Morgan fingerprint density at radius 1 is 1.63 bits per heavy atom. The normalized spacial score (nSPS) is 20.0. The fraction of sp³-hybridized carbons (Fsp3) is 0.571. The van der Waals surface area contributed by atoms with Crippen molar-refractivity contribution in [2.75, 3.05) is 32.1 Å². The molecule has 1 saturated heterocycles. The molecule has 5 heteroatoms. The lowest BCUT2D eigenvalue weighted by molar-refractivity contribution is 0.0601. The van der Waals surface area contributed by atoms with E-state index in [2.05, 4.69) is 22.1 Å². The van der Waals surface area contributed by atoms with E-state index < -0.39 is 0 Å². The number of carbonyl (C=O) groups is 1. The van der Waals surface area contributed by atoms with Crippen molar-refractivity contribution < 1.29 is 9.53 Å². The molecule has 2 rings (SSSR count). The molecule has 0 saturated carbocycles. The van der Waals surface area contributed by atoms with Crippen molar-refractivity contribution in [2.45, 2.75) is 25.8 Å². The highest BCUT2D eigenvalue weighted by atomic mass is 16.5. The zero-order valence-corrected chi connectivity index (χ0v) is 11.6. The van der Waals surface area contributed by atoms with Crippen LogP contribution in [0.3, 0.4) is 0 Å². The highest BCUT2D eigenvalue weighted by molar-refractivity contribution is 5.94. The second-order valence-corrected chi connectivity index (χ2v) is 4.77. The number of ether oxygens (including phenoxy) is 1. The highest BCUT2D eigenvalue weighted by Crippen LogP contribution is 2.18. The third-order valence-electron chi connectivity index (χ3n) is 3.51. The first kappa shape index (κ1) is 13.8. The standard InChI is InChI=1S/C14H21N3O2/c1-3-17-9-5-6-11(10-17)16-13-12(14(18)19-2)7-4-8-15-13/h4,7-8,11H,3,5-6,9-10H2,1-2H3,(H,15,16). The Labute approximate surface area is 114 Å². The Balaban J connectivity index is 2.08. The average molecular weight is 263 g/mol. The molecule has 1 aliphatic rings. The lowest BCUT2D eigenvalue weighted by Gasteiger charge is -2.32. The fourth-order valence-corrected chi connectivity index (χ4v) is 2.45. The summed E-state index contributed by atoms with van der Waals surface area (Å²) in [6.07, 6.45) is 3.97.